The van der Waals surface area contributed by atoms with Crippen molar-refractivity contribution in [3.63, 3.8) is 0 Å². The Morgan fingerprint density at radius 1 is 1.03 bits per heavy atom. The van der Waals surface area contributed by atoms with Gasteiger partial charge >= 0.3 is 0 Å². The highest BCUT2D eigenvalue weighted by Gasteiger charge is 2.24. The highest BCUT2D eigenvalue weighted by molar-refractivity contribution is 5.79. The zero-order chi connectivity index (χ0) is 20.9. The molecule has 0 saturated carbocycles. The van der Waals surface area contributed by atoms with E-state index in [1.54, 1.807) is 0 Å². The number of benzene rings is 1. The molecule has 1 aliphatic rings. The molecule has 1 aromatic carbocycles. The highest BCUT2D eigenvalue weighted by Crippen LogP contribution is 2.23. The Morgan fingerprint density at radius 2 is 1.62 bits per heavy atom. The van der Waals surface area contributed by atoms with Crippen LogP contribution in [0.15, 0.2) is 24.3 Å². The summed E-state index contributed by atoms with van der Waals surface area (Å²) in [6.07, 6.45) is 8.66. The zero-order valence-electron chi connectivity index (χ0n) is 18.4. The normalized spacial score (nSPS) is 14.9. The van der Waals surface area contributed by atoms with Crippen LogP contribution in [0.5, 0.6) is 0 Å². The molecule has 1 fully saturated rings. The summed E-state index contributed by atoms with van der Waals surface area (Å²) in [4.78, 5) is 28.2. The highest BCUT2D eigenvalue weighted by atomic mass is 16.1. The van der Waals surface area contributed by atoms with Crippen molar-refractivity contribution in [1.29, 1.82) is 0 Å². The number of piperidine rings is 1. The fourth-order valence-corrected chi connectivity index (χ4v) is 3.92. The minimum Gasteiger partial charge on any atom is -0.371 e. The molecule has 0 spiro atoms. The average Bonchev–Trinajstić information content (AvgIpc) is 2.78. The lowest BCUT2D eigenvalue weighted by Gasteiger charge is -2.33. The van der Waals surface area contributed by atoms with Crippen molar-refractivity contribution in [1.82, 2.24) is 10.2 Å². The number of hydrogen-bond donors (Lipinski definition) is 1. The predicted octanol–water partition coefficient (Wildman–Crippen LogP) is 4.12. The van der Waals surface area contributed by atoms with E-state index in [1.165, 1.54) is 38.8 Å². The maximum atomic E-state index is 12.5. The second-order valence-corrected chi connectivity index (χ2v) is 8.16. The Balaban J connectivity index is 1.66. The van der Waals surface area contributed by atoms with Gasteiger partial charge in [0.2, 0.25) is 5.91 Å². The first-order chi connectivity index (χ1) is 14.2. The average molecular weight is 402 g/mol. The van der Waals surface area contributed by atoms with E-state index in [1.807, 2.05) is 24.3 Å². The Kier molecular flexibility index (Phi) is 10.8. The van der Waals surface area contributed by atoms with Gasteiger partial charge in [-0.1, -0.05) is 26.7 Å². The largest absolute Gasteiger partial charge is 0.371 e. The summed E-state index contributed by atoms with van der Waals surface area (Å²) in [6.45, 7) is 10.5. The summed E-state index contributed by atoms with van der Waals surface area (Å²) in [5.41, 5.74) is 1.83. The maximum absolute atomic E-state index is 12.5. The van der Waals surface area contributed by atoms with E-state index < -0.39 is 0 Å². The van der Waals surface area contributed by atoms with E-state index in [0.29, 0.717) is 5.56 Å². The summed E-state index contributed by atoms with van der Waals surface area (Å²) in [5, 5.41) is 3.17. The van der Waals surface area contributed by atoms with E-state index in [2.05, 4.69) is 29.0 Å². The zero-order valence-corrected chi connectivity index (χ0v) is 18.4. The van der Waals surface area contributed by atoms with Crippen molar-refractivity contribution < 1.29 is 9.59 Å². The second kappa shape index (κ2) is 13.4. The van der Waals surface area contributed by atoms with Crippen molar-refractivity contribution >= 4 is 17.9 Å². The van der Waals surface area contributed by atoms with Gasteiger partial charge in [-0.15, -0.1) is 0 Å². The first kappa shape index (κ1) is 23.4. The topological polar surface area (TPSA) is 52.7 Å². The Morgan fingerprint density at radius 3 is 2.17 bits per heavy atom. The summed E-state index contributed by atoms with van der Waals surface area (Å²) < 4.78 is 0. The second-order valence-electron chi connectivity index (χ2n) is 8.16. The molecule has 0 radical (unpaired) electrons. The van der Waals surface area contributed by atoms with E-state index in [0.717, 1.165) is 57.4 Å². The summed E-state index contributed by atoms with van der Waals surface area (Å²) in [7, 11) is 0. The minimum absolute atomic E-state index is 0.122. The number of hydrogen-bond acceptors (Lipinski definition) is 4. The van der Waals surface area contributed by atoms with Gasteiger partial charge < -0.3 is 15.1 Å². The SMILES string of the molecule is CCCCN(CCCC)CCCNC(=O)C1CCN(c2ccc(C=O)cc2)CC1. The van der Waals surface area contributed by atoms with Gasteiger partial charge in [-0.05, 0) is 76.0 Å². The molecule has 5 heteroatoms. The predicted molar refractivity (Wildman–Crippen MR) is 121 cm³/mol. The number of carbonyl (C=O) groups excluding carboxylic acids is 2. The third kappa shape index (κ3) is 8.17. The number of nitrogens with zero attached hydrogens (tertiary/aromatic N) is 2. The number of anilines is 1. The third-order valence-electron chi connectivity index (χ3n) is 5.87. The molecule has 1 heterocycles. The van der Waals surface area contributed by atoms with Gasteiger partial charge in [-0.25, -0.2) is 0 Å². The molecule has 0 aliphatic carbocycles. The molecule has 0 bridgehead atoms. The van der Waals surface area contributed by atoms with Crippen LogP contribution < -0.4 is 10.2 Å². The van der Waals surface area contributed by atoms with Gasteiger partial charge in [-0.2, -0.15) is 0 Å². The van der Waals surface area contributed by atoms with Crippen LogP contribution in [0.1, 0.15) is 69.2 Å². The van der Waals surface area contributed by atoms with Crippen molar-refractivity contribution in [2.24, 2.45) is 5.92 Å². The number of rotatable bonds is 13. The van der Waals surface area contributed by atoms with Gasteiger partial charge in [0.05, 0.1) is 0 Å². The molecule has 0 unspecified atom stereocenters. The summed E-state index contributed by atoms with van der Waals surface area (Å²) >= 11 is 0. The fraction of sp³-hybridized carbons (Fsp3) is 0.667. The Hall–Kier alpha value is -1.88. The van der Waals surface area contributed by atoms with E-state index in [-0.39, 0.29) is 11.8 Å². The Labute approximate surface area is 176 Å². The van der Waals surface area contributed by atoms with Crippen LogP contribution in [0, 0.1) is 5.92 Å². The molecule has 0 aromatic heterocycles. The van der Waals surface area contributed by atoms with Gasteiger partial charge in [0.15, 0.2) is 0 Å². The molecule has 2 rings (SSSR count). The molecule has 5 nitrogen and oxygen atoms in total. The summed E-state index contributed by atoms with van der Waals surface area (Å²) in [5.74, 6) is 0.339. The number of unbranched alkanes of at least 4 members (excludes halogenated alkanes) is 2. The monoisotopic (exact) mass is 401 g/mol. The quantitative estimate of drug-likeness (QED) is 0.399. The van der Waals surface area contributed by atoms with Crippen molar-refractivity contribution in [3.8, 4) is 0 Å². The molecule has 1 saturated heterocycles. The molecule has 0 atom stereocenters. The van der Waals surface area contributed by atoms with Crippen LogP contribution in [-0.4, -0.2) is 56.4 Å². The van der Waals surface area contributed by atoms with Crippen LogP contribution in [0.4, 0.5) is 5.69 Å². The minimum atomic E-state index is 0.122. The smallest absolute Gasteiger partial charge is 0.223 e. The van der Waals surface area contributed by atoms with Crippen molar-refractivity contribution in [2.45, 2.75) is 58.8 Å². The molecular weight excluding hydrogens is 362 g/mol. The maximum Gasteiger partial charge on any atom is 0.223 e. The molecule has 29 heavy (non-hydrogen) atoms. The van der Waals surface area contributed by atoms with Crippen LogP contribution in [-0.2, 0) is 4.79 Å². The fourth-order valence-electron chi connectivity index (χ4n) is 3.92. The number of aldehydes is 1. The lowest BCUT2D eigenvalue weighted by Crippen LogP contribution is -2.41. The van der Waals surface area contributed by atoms with Crippen LogP contribution in [0.3, 0.4) is 0 Å². The lowest BCUT2D eigenvalue weighted by molar-refractivity contribution is -0.125. The van der Waals surface area contributed by atoms with Crippen molar-refractivity contribution in [3.05, 3.63) is 29.8 Å². The molecule has 162 valence electrons. The molecule has 1 amide bonds. The van der Waals surface area contributed by atoms with Gasteiger partial charge in [0.25, 0.3) is 0 Å². The lowest BCUT2D eigenvalue weighted by atomic mass is 9.95. The standard InChI is InChI=1S/C24H39N3O2/c1-3-5-15-26(16-6-4-2)17-7-14-25-24(29)22-12-18-27(19-13-22)23-10-8-21(20-28)9-11-23/h8-11,20,22H,3-7,12-19H2,1-2H3,(H,25,29). The molecule has 1 aromatic rings. The molecule has 1 N–H and O–H groups in total. The molecule has 1 aliphatic heterocycles. The number of amides is 1. The van der Waals surface area contributed by atoms with Crippen molar-refractivity contribution in [2.75, 3.05) is 44.2 Å². The summed E-state index contributed by atoms with van der Waals surface area (Å²) in [6, 6.07) is 7.69. The third-order valence-corrected chi connectivity index (χ3v) is 5.87. The van der Waals surface area contributed by atoms with E-state index in [4.69, 9.17) is 0 Å². The van der Waals surface area contributed by atoms with Crippen LogP contribution in [0.25, 0.3) is 0 Å². The number of nitrogens with one attached hydrogen (secondary N) is 1. The van der Waals surface area contributed by atoms with Gasteiger partial charge in [-0.3, -0.25) is 9.59 Å². The van der Waals surface area contributed by atoms with Crippen LogP contribution >= 0.6 is 0 Å². The van der Waals surface area contributed by atoms with E-state index in [9.17, 15) is 9.59 Å². The van der Waals surface area contributed by atoms with E-state index >= 15 is 0 Å². The number of carbonyl (C=O) groups is 2. The van der Waals surface area contributed by atoms with Crippen LogP contribution in [0.2, 0.25) is 0 Å². The molecular formula is C24H39N3O2. The van der Waals surface area contributed by atoms with Gasteiger partial charge in [0.1, 0.15) is 6.29 Å². The first-order valence-corrected chi connectivity index (χ1v) is 11.5. The first-order valence-electron chi connectivity index (χ1n) is 11.5. The Bertz CT molecular complexity index is 587. The van der Waals surface area contributed by atoms with Gasteiger partial charge in [0, 0.05) is 36.8 Å².